The molecule has 0 saturated heterocycles. The quantitative estimate of drug-likeness (QED) is 0.264. The summed E-state index contributed by atoms with van der Waals surface area (Å²) in [6.07, 6.45) is 3.76. The average Bonchev–Trinajstić information content (AvgIpc) is 3.05. The standard InChI is InChI=1S/C22H20O5/c1-4-20(23)25-12-6-7-15-8-9-16-17-10-11-18(26-21(24)5-2)14(3)22(17)27-19(16)13-15/h4-5,8-11,13H,1-2,6-7,12H2,3H3. The minimum Gasteiger partial charge on any atom is -0.463 e. The molecule has 0 atom stereocenters. The van der Waals surface area contributed by atoms with Crippen LogP contribution in [0.25, 0.3) is 21.9 Å². The number of carbonyl (C=O) groups excluding carboxylic acids is 2. The number of carbonyl (C=O) groups is 2. The maximum Gasteiger partial charge on any atom is 0.335 e. The Balaban J connectivity index is 1.84. The molecule has 0 amide bonds. The number of esters is 2. The van der Waals surface area contributed by atoms with Crippen molar-refractivity contribution in [1.82, 2.24) is 0 Å². The van der Waals surface area contributed by atoms with E-state index in [1.54, 1.807) is 6.07 Å². The average molecular weight is 364 g/mol. The Morgan fingerprint density at radius 3 is 2.56 bits per heavy atom. The smallest absolute Gasteiger partial charge is 0.335 e. The van der Waals surface area contributed by atoms with E-state index in [2.05, 4.69) is 13.2 Å². The minimum atomic E-state index is -0.506. The van der Waals surface area contributed by atoms with Gasteiger partial charge in [0, 0.05) is 28.5 Å². The first-order chi connectivity index (χ1) is 13.0. The zero-order chi connectivity index (χ0) is 19.4. The van der Waals surface area contributed by atoms with Crippen molar-refractivity contribution in [3.8, 4) is 5.75 Å². The maximum atomic E-state index is 11.5. The molecule has 0 radical (unpaired) electrons. The lowest BCUT2D eigenvalue weighted by molar-refractivity contribution is -0.137. The molecule has 0 saturated carbocycles. The predicted octanol–water partition coefficient (Wildman–Crippen LogP) is 4.65. The van der Waals surface area contributed by atoms with Gasteiger partial charge in [-0.05, 0) is 43.5 Å². The van der Waals surface area contributed by atoms with E-state index >= 15 is 0 Å². The van der Waals surface area contributed by atoms with Crippen LogP contribution in [0.2, 0.25) is 0 Å². The van der Waals surface area contributed by atoms with Gasteiger partial charge in [0.05, 0.1) is 6.61 Å². The fourth-order valence-electron chi connectivity index (χ4n) is 2.92. The molecule has 1 aromatic heterocycles. The van der Waals surface area contributed by atoms with E-state index in [4.69, 9.17) is 13.9 Å². The van der Waals surface area contributed by atoms with Crippen LogP contribution in [0.4, 0.5) is 0 Å². The van der Waals surface area contributed by atoms with Gasteiger partial charge in [0.15, 0.2) is 0 Å². The number of ether oxygens (including phenoxy) is 2. The molecule has 0 fully saturated rings. The Hall–Kier alpha value is -3.34. The molecule has 0 bridgehead atoms. The molecule has 138 valence electrons. The summed E-state index contributed by atoms with van der Waals surface area (Å²) in [4.78, 5) is 22.5. The molecule has 1 heterocycles. The molecule has 0 unspecified atom stereocenters. The van der Waals surface area contributed by atoms with Gasteiger partial charge in [0.2, 0.25) is 0 Å². The number of fused-ring (bicyclic) bond motifs is 3. The van der Waals surface area contributed by atoms with Crippen molar-refractivity contribution in [3.63, 3.8) is 0 Å². The van der Waals surface area contributed by atoms with E-state index in [1.807, 2.05) is 31.2 Å². The number of aryl methyl sites for hydroxylation is 2. The first-order valence-electron chi connectivity index (χ1n) is 8.61. The zero-order valence-electron chi connectivity index (χ0n) is 15.1. The number of benzene rings is 2. The van der Waals surface area contributed by atoms with Crippen LogP contribution in [0.1, 0.15) is 17.5 Å². The van der Waals surface area contributed by atoms with Crippen molar-refractivity contribution in [2.75, 3.05) is 6.61 Å². The Morgan fingerprint density at radius 1 is 1.07 bits per heavy atom. The minimum absolute atomic E-state index is 0.347. The first kappa shape index (κ1) is 18.5. The van der Waals surface area contributed by atoms with Gasteiger partial charge in [-0.2, -0.15) is 0 Å². The van der Waals surface area contributed by atoms with E-state index in [-0.39, 0.29) is 0 Å². The topological polar surface area (TPSA) is 65.7 Å². The van der Waals surface area contributed by atoms with Gasteiger partial charge in [0.25, 0.3) is 0 Å². The van der Waals surface area contributed by atoms with Crippen molar-refractivity contribution < 1.29 is 23.5 Å². The second-order valence-corrected chi connectivity index (χ2v) is 6.10. The summed E-state index contributed by atoms with van der Waals surface area (Å²) in [5, 5.41) is 1.96. The normalized spacial score (nSPS) is 10.7. The van der Waals surface area contributed by atoms with Gasteiger partial charge in [-0.3, -0.25) is 0 Å². The SMILES string of the molecule is C=CC(=O)OCCCc1ccc2c(c1)oc1c(C)c(OC(=O)C=C)ccc12. The van der Waals surface area contributed by atoms with Crippen LogP contribution < -0.4 is 4.74 Å². The highest BCUT2D eigenvalue weighted by atomic mass is 16.5. The largest absolute Gasteiger partial charge is 0.463 e. The number of hydrogen-bond acceptors (Lipinski definition) is 5. The third-order valence-electron chi connectivity index (χ3n) is 4.30. The molecular formula is C22H20O5. The maximum absolute atomic E-state index is 11.5. The van der Waals surface area contributed by atoms with E-state index in [1.165, 1.54) is 0 Å². The number of hydrogen-bond donors (Lipinski definition) is 0. The van der Waals surface area contributed by atoms with E-state index in [0.29, 0.717) is 24.4 Å². The molecule has 3 aromatic rings. The lowest BCUT2D eigenvalue weighted by atomic mass is 10.1. The van der Waals surface area contributed by atoms with Gasteiger partial charge >= 0.3 is 11.9 Å². The van der Waals surface area contributed by atoms with Crippen molar-refractivity contribution in [2.45, 2.75) is 19.8 Å². The highest BCUT2D eigenvalue weighted by Crippen LogP contribution is 2.35. The van der Waals surface area contributed by atoms with Crippen molar-refractivity contribution in [3.05, 3.63) is 66.8 Å². The summed E-state index contributed by atoms with van der Waals surface area (Å²) in [5.41, 5.74) is 3.31. The first-order valence-corrected chi connectivity index (χ1v) is 8.61. The molecular weight excluding hydrogens is 344 g/mol. The number of rotatable bonds is 7. The third-order valence-corrected chi connectivity index (χ3v) is 4.30. The van der Waals surface area contributed by atoms with Crippen LogP contribution in [0.3, 0.4) is 0 Å². The molecule has 0 N–H and O–H groups in total. The molecule has 27 heavy (non-hydrogen) atoms. The number of furan rings is 1. The highest BCUT2D eigenvalue weighted by molar-refractivity contribution is 6.06. The molecule has 5 heteroatoms. The summed E-state index contributed by atoms with van der Waals surface area (Å²) in [6.45, 7) is 8.97. The van der Waals surface area contributed by atoms with Gasteiger partial charge in [-0.25, -0.2) is 9.59 Å². The van der Waals surface area contributed by atoms with Crippen LogP contribution in [0.15, 0.2) is 60.1 Å². The Morgan fingerprint density at radius 2 is 1.81 bits per heavy atom. The lowest BCUT2D eigenvalue weighted by Crippen LogP contribution is -2.04. The van der Waals surface area contributed by atoms with Crippen LogP contribution in [-0.4, -0.2) is 18.5 Å². The third kappa shape index (κ3) is 3.92. The Bertz CT molecular complexity index is 1040. The second-order valence-electron chi connectivity index (χ2n) is 6.10. The Kier molecular flexibility index (Phi) is 5.41. The van der Waals surface area contributed by atoms with Crippen molar-refractivity contribution >= 4 is 33.9 Å². The molecule has 5 nitrogen and oxygen atoms in total. The molecule has 0 aliphatic carbocycles. The molecule has 3 rings (SSSR count). The van der Waals surface area contributed by atoms with Crippen LogP contribution in [0, 0.1) is 6.92 Å². The summed E-state index contributed by atoms with van der Waals surface area (Å²) in [6, 6.07) is 9.68. The van der Waals surface area contributed by atoms with Gasteiger partial charge in [-0.15, -0.1) is 0 Å². The molecule has 2 aromatic carbocycles. The van der Waals surface area contributed by atoms with Crippen LogP contribution >= 0.6 is 0 Å². The molecule has 0 aliphatic heterocycles. The van der Waals surface area contributed by atoms with Crippen molar-refractivity contribution in [2.24, 2.45) is 0 Å². The van der Waals surface area contributed by atoms with Crippen LogP contribution in [0.5, 0.6) is 5.75 Å². The predicted molar refractivity (Wildman–Crippen MR) is 104 cm³/mol. The highest BCUT2D eigenvalue weighted by Gasteiger charge is 2.14. The van der Waals surface area contributed by atoms with Gasteiger partial charge in [-0.1, -0.05) is 25.3 Å². The monoisotopic (exact) mass is 364 g/mol. The van der Waals surface area contributed by atoms with Gasteiger partial charge in [0.1, 0.15) is 16.9 Å². The summed E-state index contributed by atoms with van der Waals surface area (Å²) in [7, 11) is 0. The van der Waals surface area contributed by atoms with Gasteiger partial charge < -0.3 is 13.9 Å². The summed E-state index contributed by atoms with van der Waals surface area (Å²) >= 11 is 0. The summed E-state index contributed by atoms with van der Waals surface area (Å²) in [5.74, 6) is -0.463. The molecule has 0 spiro atoms. The van der Waals surface area contributed by atoms with E-state index < -0.39 is 11.9 Å². The lowest BCUT2D eigenvalue weighted by Gasteiger charge is -2.05. The Labute approximate surface area is 156 Å². The fourth-order valence-corrected chi connectivity index (χ4v) is 2.92. The summed E-state index contributed by atoms with van der Waals surface area (Å²) < 4.78 is 16.3. The molecule has 0 aliphatic rings. The van der Waals surface area contributed by atoms with E-state index in [0.717, 1.165) is 46.1 Å². The van der Waals surface area contributed by atoms with Crippen molar-refractivity contribution in [1.29, 1.82) is 0 Å². The van der Waals surface area contributed by atoms with E-state index in [9.17, 15) is 9.59 Å². The fraction of sp³-hybridized carbons (Fsp3) is 0.182. The zero-order valence-corrected chi connectivity index (χ0v) is 15.1. The second kappa shape index (κ2) is 7.91. The van der Waals surface area contributed by atoms with Crippen LogP contribution in [-0.2, 0) is 20.7 Å².